The van der Waals surface area contributed by atoms with Crippen molar-refractivity contribution in [3.05, 3.63) is 11.6 Å². The summed E-state index contributed by atoms with van der Waals surface area (Å²) in [5.74, 6) is 0.556. The fourth-order valence-electron chi connectivity index (χ4n) is 1.38. The molecule has 2 heterocycles. The first-order chi connectivity index (χ1) is 7.03. The third-order valence-corrected chi connectivity index (χ3v) is 2.11. The quantitative estimate of drug-likeness (QED) is 0.610. The summed E-state index contributed by atoms with van der Waals surface area (Å²) in [7, 11) is 3.27. The largest absolute Gasteiger partial charge is 0.374 e. The number of hydrogen-bond acceptors (Lipinski definition) is 7. The van der Waals surface area contributed by atoms with Crippen molar-refractivity contribution in [1.82, 2.24) is 40.4 Å². The highest BCUT2D eigenvalue weighted by atomic mass is 16.3. The van der Waals surface area contributed by atoms with Crippen molar-refractivity contribution in [2.45, 2.75) is 12.5 Å². The first-order valence-corrected chi connectivity index (χ1v) is 4.21. The minimum absolute atomic E-state index is 0.278. The molecular formula is C6H10N8O. The number of aromatic nitrogens is 8. The highest BCUT2D eigenvalue weighted by Crippen LogP contribution is 2.23. The first-order valence-electron chi connectivity index (χ1n) is 4.21. The molecule has 2 rings (SSSR count). The second kappa shape index (κ2) is 3.05. The molecule has 0 unspecified atom stereocenters. The first kappa shape index (κ1) is 9.65. The van der Waals surface area contributed by atoms with Gasteiger partial charge in [-0.15, -0.1) is 10.2 Å². The molecule has 1 N–H and O–H groups in total. The van der Waals surface area contributed by atoms with Crippen molar-refractivity contribution in [3.63, 3.8) is 0 Å². The van der Waals surface area contributed by atoms with Crippen LogP contribution in [0.4, 0.5) is 0 Å². The van der Waals surface area contributed by atoms with Gasteiger partial charge in [-0.1, -0.05) is 0 Å². The van der Waals surface area contributed by atoms with Crippen LogP contribution in [0.3, 0.4) is 0 Å². The summed E-state index contributed by atoms with van der Waals surface area (Å²) in [4.78, 5) is 0. The summed E-state index contributed by atoms with van der Waals surface area (Å²) in [5, 5.41) is 31.9. The van der Waals surface area contributed by atoms with Crippen molar-refractivity contribution in [2.75, 3.05) is 0 Å². The molecule has 15 heavy (non-hydrogen) atoms. The van der Waals surface area contributed by atoms with E-state index in [1.807, 2.05) is 0 Å². The van der Waals surface area contributed by atoms with Gasteiger partial charge in [0, 0.05) is 14.1 Å². The van der Waals surface area contributed by atoms with Crippen LogP contribution in [0.5, 0.6) is 0 Å². The van der Waals surface area contributed by atoms with Crippen LogP contribution in [0.2, 0.25) is 0 Å². The molecule has 0 aliphatic rings. The average molecular weight is 210 g/mol. The number of rotatable bonds is 2. The predicted molar refractivity (Wildman–Crippen MR) is 46.3 cm³/mol. The van der Waals surface area contributed by atoms with E-state index in [0.29, 0.717) is 0 Å². The maximum Gasteiger partial charge on any atom is 0.190 e. The zero-order valence-corrected chi connectivity index (χ0v) is 8.52. The molecule has 2 aromatic rings. The van der Waals surface area contributed by atoms with Gasteiger partial charge in [0.25, 0.3) is 0 Å². The number of tetrazole rings is 2. The second-order valence-corrected chi connectivity index (χ2v) is 3.32. The molecule has 0 amide bonds. The van der Waals surface area contributed by atoms with E-state index < -0.39 is 5.60 Å². The average Bonchev–Trinajstić information content (AvgIpc) is 2.73. The molecule has 9 nitrogen and oxygen atoms in total. The van der Waals surface area contributed by atoms with Gasteiger partial charge in [0.1, 0.15) is 0 Å². The Bertz CT molecular complexity index is 429. The van der Waals surface area contributed by atoms with Crippen LogP contribution < -0.4 is 0 Å². The SMILES string of the molecule is Cn1nnnc1C(C)(O)c1nnnn1C. The molecule has 0 aliphatic carbocycles. The van der Waals surface area contributed by atoms with Gasteiger partial charge in [-0.05, 0) is 27.8 Å². The molecule has 0 aromatic carbocycles. The van der Waals surface area contributed by atoms with Gasteiger partial charge >= 0.3 is 0 Å². The Balaban J connectivity index is 2.53. The van der Waals surface area contributed by atoms with Crippen molar-refractivity contribution in [3.8, 4) is 0 Å². The van der Waals surface area contributed by atoms with Crippen molar-refractivity contribution in [2.24, 2.45) is 14.1 Å². The van der Waals surface area contributed by atoms with Gasteiger partial charge in [0.05, 0.1) is 0 Å². The van der Waals surface area contributed by atoms with E-state index in [1.165, 1.54) is 16.3 Å². The normalized spacial score (nSPS) is 12.0. The number of nitrogens with zero attached hydrogens (tertiary/aromatic N) is 8. The molecule has 0 spiro atoms. The van der Waals surface area contributed by atoms with Crippen LogP contribution in [0.25, 0.3) is 0 Å². The van der Waals surface area contributed by atoms with Gasteiger partial charge in [0.15, 0.2) is 17.2 Å². The molecule has 0 bridgehead atoms. The van der Waals surface area contributed by atoms with E-state index in [-0.39, 0.29) is 11.6 Å². The maximum absolute atomic E-state index is 10.3. The lowest BCUT2D eigenvalue weighted by Crippen LogP contribution is -2.30. The summed E-state index contributed by atoms with van der Waals surface area (Å²) >= 11 is 0. The highest BCUT2D eigenvalue weighted by molar-refractivity contribution is 5.12. The van der Waals surface area contributed by atoms with Crippen LogP contribution in [0.15, 0.2) is 0 Å². The number of aryl methyl sites for hydroxylation is 2. The molecule has 0 fully saturated rings. The van der Waals surface area contributed by atoms with Crippen LogP contribution >= 0.6 is 0 Å². The zero-order valence-electron chi connectivity index (χ0n) is 8.52. The Labute approximate surface area is 84.7 Å². The van der Waals surface area contributed by atoms with E-state index in [9.17, 15) is 5.11 Å². The lowest BCUT2D eigenvalue weighted by Gasteiger charge is -2.18. The molecule has 0 atom stereocenters. The molecule has 0 saturated carbocycles. The number of aliphatic hydroxyl groups is 1. The Kier molecular flexibility index (Phi) is 1.96. The van der Waals surface area contributed by atoms with E-state index >= 15 is 0 Å². The van der Waals surface area contributed by atoms with Gasteiger partial charge in [0.2, 0.25) is 0 Å². The molecule has 0 saturated heterocycles. The topological polar surface area (TPSA) is 107 Å². The van der Waals surface area contributed by atoms with E-state index in [4.69, 9.17) is 0 Å². The highest BCUT2D eigenvalue weighted by Gasteiger charge is 2.36. The summed E-state index contributed by atoms with van der Waals surface area (Å²) in [6.45, 7) is 1.53. The summed E-state index contributed by atoms with van der Waals surface area (Å²) in [5.41, 5.74) is -1.42. The Morgan fingerprint density at radius 3 is 1.67 bits per heavy atom. The predicted octanol–water partition coefficient (Wildman–Crippen LogP) is -2.01. The van der Waals surface area contributed by atoms with Crippen molar-refractivity contribution >= 4 is 0 Å². The van der Waals surface area contributed by atoms with E-state index in [1.54, 1.807) is 14.1 Å². The minimum Gasteiger partial charge on any atom is -0.374 e. The van der Waals surface area contributed by atoms with Gasteiger partial charge < -0.3 is 5.11 Å². The monoisotopic (exact) mass is 210 g/mol. The summed E-state index contributed by atoms with van der Waals surface area (Å²) in [6.07, 6.45) is 0. The Hall–Kier alpha value is -1.90. The number of hydrogen-bond donors (Lipinski definition) is 1. The summed E-state index contributed by atoms with van der Waals surface area (Å²) < 4.78 is 2.74. The molecule has 80 valence electrons. The Morgan fingerprint density at radius 2 is 1.40 bits per heavy atom. The van der Waals surface area contributed by atoms with Crippen molar-refractivity contribution in [1.29, 1.82) is 0 Å². The van der Waals surface area contributed by atoms with Crippen LogP contribution in [0.1, 0.15) is 18.6 Å². The van der Waals surface area contributed by atoms with Crippen molar-refractivity contribution < 1.29 is 5.11 Å². The molecule has 0 radical (unpaired) electrons. The second-order valence-electron chi connectivity index (χ2n) is 3.32. The van der Waals surface area contributed by atoms with Crippen LogP contribution in [0, 0.1) is 0 Å². The van der Waals surface area contributed by atoms with Gasteiger partial charge in [-0.2, -0.15) is 0 Å². The molecule has 2 aromatic heterocycles. The van der Waals surface area contributed by atoms with Gasteiger partial charge in [-0.25, -0.2) is 9.36 Å². The zero-order chi connectivity index (χ0) is 11.1. The lowest BCUT2D eigenvalue weighted by molar-refractivity contribution is 0.0739. The standard InChI is InChI=1S/C6H10N8O/c1-6(15,4-7-9-11-13(4)2)5-8-10-12-14(5)3/h15H,1-3H3. The summed E-state index contributed by atoms with van der Waals surface area (Å²) in [6, 6.07) is 0. The third-order valence-electron chi connectivity index (χ3n) is 2.11. The van der Waals surface area contributed by atoms with E-state index in [2.05, 4.69) is 31.1 Å². The smallest absolute Gasteiger partial charge is 0.190 e. The minimum atomic E-state index is -1.42. The molecule has 0 aliphatic heterocycles. The fourth-order valence-corrected chi connectivity index (χ4v) is 1.38. The lowest BCUT2D eigenvalue weighted by atomic mass is 10.1. The van der Waals surface area contributed by atoms with Crippen LogP contribution in [-0.4, -0.2) is 45.5 Å². The molecular weight excluding hydrogens is 200 g/mol. The molecule has 9 heteroatoms. The van der Waals surface area contributed by atoms with Gasteiger partial charge in [-0.3, -0.25) is 0 Å². The third kappa shape index (κ3) is 1.36. The van der Waals surface area contributed by atoms with Crippen LogP contribution in [-0.2, 0) is 19.7 Å². The van der Waals surface area contributed by atoms with E-state index in [0.717, 1.165) is 0 Å². The Morgan fingerprint density at radius 1 is 1.00 bits per heavy atom. The fraction of sp³-hybridized carbons (Fsp3) is 0.667. The maximum atomic E-state index is 10.3.